The van der Waals surface area contributed by atoms with Gasteiger partial charge in [0.25, 0.3) is 0 Å². The molecule has 2 rings (SSSR count). The van der Waals surface area contributed by atoms with E-state index in [0.29, 0.717) is 6.04 Å². The number of carbonyl (C=O) groups excluding carboxylic acids is 1. The Balaban J connectivity index is 2.16. The molecule has 0 saturated carbocycles. The van der Waals surface area contributed by atoms with Crippen LogP contribution in [-0.4, -0.2) is 49.1 Å². The maximum atomic E-state index is 11.7. The molecule has 0 radical (unpaired) electrons. The van der Waals surface area contributed by atoms with Gasteiger partial charge in [-0.2, -0.15) is 0 Å². The molecule has 0 aliphatic carbocycles. The van der Waals surface area contributed by atoms with Crippen molar-refractivity contribution < 1.29 is 4.79 Å². The minimum absolute atomic E-state index is 0.176. The third kappa shape index (κ3) is 1.34. The average molecular weight is 183 g/mol. The first kappa shape index (κ1) is 8.97. The minimum Gasteiger partial charge on any atom is -0.353 e. The van der Waals surface area contributed by atoms with E-state index < -0.39 is 0 Å². The Hall–Kier alpha value is -0.610. The summed E-state index contributed by atoms with van der Waals surface area (Å²) in [6.45, 7) is 4.66. The maximum absolute atomic E-state index is 11.7. The largest absolute Gasteiger partial charge is 0.353 e. The summed E-state index contributed by atoms with van der Waals surface area (Å²) >= 11 is 0. The number of hydrogen-bond acceptors (Lipinski definition) is 3. The Kier molecular flexibility index (Phi) is 2.04. The number of likely N-dealkylation sites (tertiary alicyclic amines) is 1. The molecule has 0 bridgehead atoms. The molecule has 1 spiro atoms. The molecule has 13 heavy (non-hydrogen) atoms. The Morgan fingerprint density at radius 3 is 2.85 bits per heavy atom. The number of nitrogens with one attached hydrogen (secondary N) is 2. The fourth-order valence-electron chi connectivity index (χ4n) is 2.33. The quantitative estimate of drug-likeness (QED) is 0.515. The van der Waals surface area contributed by atoms with Gasteiger partial charge in [0.1, 0.15) is 5.54 Å². The van der Waals surface area contributed by atoms with Crippen molar-refractivity contribution in [3.05, 3.63) is 0 Å². The van der Waals surface area contributed by atoms with E-state index in [1.54, 1.807) is 0 Å². The average Bonchev–Trinajstić information content (AvgIpc) is 2.36. The third-order valence-electron chi connectivity index (χ3n) is 3.22. The number of piperazine rings is 1. The van der Waals surface area contributed by atoms with Crippen molar-refractivity contribution in [3.63, 3.8) is 0 Å². The van der Waals surface area contributed by atoms with Crippen molar-refractivity contribution in [2.75, 3.05) is 26.7 Å². The lowest BCUT2D eigenvalue weighted by Crippen LogP contribution is -2.64. The number of hydrogen-bond donors (Lipinski definition) is 2. The molecule has 2 saturated heterocycles. The second-order valence-electron chi connectivity index (χ2n) is 4.23. The molecular formula is C9H17N3O. The molecule has 2 heterocycles. The van der Waals surface area contributed by atoms with Crippen LogP contribution < -0.4 is 10.6 Å². The molecule has 2 unspecified atom stereocenters. The molecule has 74 valence electrons. The predicted octanol–water partition coefficient (Wildman–Crippen LogP) is -0.831. The molecule has 1 amide bonds. The molecule has 4 nitrogen and oxygen atoms in total. The first-order valence-corrected chi connectivity index (χ1v) is 4.88. The standard InChI is InChI=1S/C9H17N3O/c1-7-5-9(6-12(7)2)8(13)10-3-4-11-9/h7,11H,3-6H2,1-2H3,(H,10,13). The van der Waals surface area contributed by atoms with Crippen molar-refractivity contribution >= 4 is 5.91 Å². The van der Waals surface area contributed by atoms with E-state index in [9.17, 15) is 4.79 Å². The Morgan fingerprint density at radius 1 is 1.54 bits per heavy atom. The number of carbonyl (C=O) groups is 1. The SMILES string of the molecule is CC1CC2(CN1C)NCCNC2=O. The van der Waals surface area contributed by atoms with Gasteiger partial charge in [-0.25, -0.2) is 0 Å². The van der Waals surface area contributed by atoms with Crippen LogP contribution in [0.3, 0.4) is 0 Å². The predicted molar refractivity (Wildman–Crippen MR) is 50.5 cm³/mol. The van der Waals surface area contributed by atoms with Gasteiger partial charge in [-0.15, -0.1) is 0 Å². The Labute approximate surface area is 78.7 Å². The molecule has 2 fully saturated rings. The fourth-order valence-corrected chi connectivity index (χ4v) is 2.33. The highest BCUT2D eigenvalue weighted by molar-refractivity contribution is 5.87. The summed E-state index contributed by atoms with van der Waals surface area (Å²) in [7, 11) is 2.07. The van der Waals surface area contributed by atoms with E-state index in [-0.39, 0.29) is 11.4 Å². The van der Waals surface area contributed by atoms with E-state index in [2.05, 4.69) is 29.5 Å². The van der Waals surface area contributed by atoms with Crippen molar-refractivity contribution in [3.8, 4) is 0 Å². The van der Waals surface area contributed by atoms with Crippen molar-refractivity contribution in [2.45, 2.75) is 24.9 Å². The van der Waals surface area contributed by atoms with Crippen LogP contribution in [0.2, 0.25) is 0 Å². The van der Waals surface area contributed by atoms with Gasteiger partial charge in [0, 0.05) is 25.7 Å². The van der Waals surface area contributed by atoms with Crippen LogP contribution in [0.15, 0.2) is 0 Å². The molecule has 2 N–H and O–H groups in total. The van der Waals surface area contributed by atoms with E-state index in [1.165, 1.54) is 0 Å². The van der Waals surface area contributed by atoms with Gasteiger partial charge in [-0.05, 0) is 20.4 Å². The summed E-state index contributed by atoms with van der Waals surface area (Å²) < 4.78 is 0. The van der Waals surface area contributed by atoms with Gasteiger partial charge in [0.15, 0.2) is 0 Å². The van der Waals surface area contributed by atoms with Crippen molar-refractivity contribution in [2.24, 2.45) is 0 Å². The molecular weight excluding hydrogens is 166 g/mol. The van der Waals surface area contributed by atoms with Gasteiger partial charge in [0.05, 0.1) is 0 Å². The Bertz CT molecular complexity index is 219. The van der Waals surface area contributed by atoms with Gasteiger partial charge in [-0.3, -0.25) is 4.79 Å². The van der Waals surface area contributed by atoms with Crippen LogP contribution in [0.25, 0.3) is 0 Å². The van der Waals surface area contributed by atoms with E-state index in [1.807, 2.05) is 0 Å². The van der Waals surface area contributed by atoms with Crippen LogP contribution in [0.4, 0.5) is 0 Å². The molecule has 0 aromatic carbocycles. The zero-order valence-electron chi connectivity index (χ0n) is 8.26. The first-order chi connectivity index (χ1) is 6.14. The highest BCUT2D eigenvalue weighted by atomic mass is 16.2. The summed E-state index contributed by atoms with van der Waals surface area (Å²) in [6.07, 6.45) is 0.926. The van der Waals surface area contributed by atoms with Crippen molar-refractivity contribution in [1.82, 2.24) is 15.5 Å². The summed E-state index contributed by atoms with van der Waals surface area (Å²) in [5.41, 5.74) is -0.299. The first-order valence-electron chi connectivity index (χ1n) is 4.88. The van der Waals surface area contributed by atoms with Gasteiger partial charge in [0.2, 0.25) is 5.91 Å². The molecule has 0 aromatic rings. The van der Waals surface area contributed by atoms with Crippen LogP contribution in [0.5, 0.6) is 0 Å². The molecule has 0 aromatic heterocycles. The van der Waals surface area contributed by atoms with Crippen LogP contribution in [0.1, 0.15) is 13.3 Å². The number of rotatable bonds is 0. The van der Waals surface area contributed by atoms with Crippen LogP contribution in [0, 0.1) is 0 Å². The van der Waals surface area contributed by atoms with Gasteiger partial charge < -0.3 is 15.5 Å². The summed E-state index contributed by atoms with van der Waals surface area (Å²) in [6, 6.07) is 0.497. The molecule has 2 atom stereocenters. The van der Waals surface area contributed by atoms with E-state index in [0.717, 1.165) is 26.1 Å². The van der Waals surface area contributed by atoms with Crippen LogP contribution in [-0.2, 0) is 4.79 Å². The fraction of sp³-hybridized carbons (Fsp3) is 0.889. The third-order valence-corrected chi connectivity index (χ3v) is 3.22. The summed E-state index contributed by atoms with van der Waals surface area (Å²) in [5, 5.41) is 6.28. The zero-order chi connectivity index (χ0) is 9.47. The zero-order valence-corrected chi connectivity index (χ0v) is 8.26. The number of nitrogens with zero attached hydrogens (tertiary/aromatic N) is 1. The van der Waals surface area contributed by atoms with Crippen molar-refractivity contribution in [1.29, 1.82) is 0 Å². The topological polar surface area (TPSA) is 44.4 Å². The van der Waals surface area contributed by atoms with Gasteiger partial charge >= 0.3 is 0 Å². The lowest BCUT2D eigenvalue weighted by atomic mass is 9.93. The summed E-state index contributed by atoms with van der Waals surface area (Å²) in [4.78, 5) is 13.9. The summed E-state index contributed by atoms with van der Waals surface area (Å²) in [5.74, 6) is 0.176. The van der Waals surface area contributed by atoms with Crippen LogP contribution >= 0.6 is 0 Å². The normalized spacial score (nSPS) is 41.1. The lowest BCUT2D eigenvalue weighted by Gasteiger charge is -2.33. The highest BCUT2D eigenvalue weighted by Crippen LogP contribution is 2.26. The number of amides is 1. The minimum atomic E-state index is -0.299. The monoisotopic (exact) mass is 183 g/mol. The second-order valence-corrected chi connectivity index (χ2v) is 4.23. The number of likely N-dealkylation sites (N-methyl/N-ethyl adjacent to an activating group) is 1. The maximum Gasteiger partial charge on any atom is 0.241 e. The molecule has 4 heteroatoms. The highest BCUT2D eigenvalue weighted by Gasteiger charge is 2.47. The Morgan fingerprint density at radius 2 is 2.31 bits per heavy atom. The van der Waals surface area contributed by atoms with Gasteiger partial charge in [-0.1, -0.05) is 0 Å². The smallest absolute Gasteiger partial charge is 0.241 e. The molecule has 2 aliphatic heterocycles. The lowest BCUT2D eigenvalue weighted by molar-refractivity contribution is -0.128. The second kappa shape index (κ2) is 2.96. The molecule has 2 aliphatic rings. The van der Waals surface area contributed by atoms with E-state index in [4.69, 9.17) is 0 Å². The van der Waals surface area contributed by atoms with E-state index >= 15 is 0 Å².